The van der Waals surface area contributed by atoms with E-state index in [2.05, 4.69) is 59.8 Å². The summed E-state index contributed by atoms with van der Waals surface area (Å²) in [5, 5.41) is 16.1. The Labute approximate surface area is 124 Å². The number of hydrogen-bond acceptors (Lipinski definition) is 5. The molecule has 0 fully saturated rings. The number of likely N-dealkylation sites (N-methyl/N-ethyl adjacent to an activating group) is 1. The summed E-state index contributed by atoms with van der Waals surface area (Å²) in [6.07, 6.45) is 0. The highest BCUT2D eigenvalue weighted by molar-refractivity contribution is 7.98. The van der Waals surface area contributed by atoms with Crippen molar-refractivity contribution in [3.63, 3.8) is 0 Å². The zero-order chi connectivity index (χ0) is 14.4. The molecule has 0 amide bonds. The van der Waals surface area contributed by atoms with Crippen molar-refractivity contribution >= 4 is 11.8 Å². The van der Waals surface area contributed by atoms with Gasteiger partial charge in [0.1, 0.15) is 0 Å². The Bertz CT molecular complexity index is 552. The third-order valence-electron chi connectivity index (χ3n) is 3.11. The van der Waals surface area contributed by atoms with Crippen LogP contribution in [0.5, 0.6) is 0 Å². The van der Waals surface area contributed by atoms with Crippen LogP contribution < -0.4 is 5.32 Å². The summed E-state index contributed by atoms with van der Waals surface area (Å²) in [5.41, 5.74) is 3.95. The van der Waals surface area contributed by atoms with Gasteiger partial charge in [-0.25, -0.2) is 4.68 Å². The Kier molecular flexibility index (Phi) is 5.55. The fraction of sp³-hybridized carbons (Fsp3) is 0.500. The van der Waals surface area contributed by atoms with Crippen LogP contribution in [0.15, 0.2) is 23.4 Å². The fourth-order valence-electron chi connectivity index (χ4n) is 1.90. The summed E-state index contributed by atoms with van der Waals surface area (Å²) >= 11 is 1.69. The zero-order valence-electron chi connectivity index (χ0n) is 12.3. The van der Waals surface area contributed by atoms with E-state index in [0.717, 1.165) is 30.5 Å². The van der Waals surface area contributed by atoms with Crippen molar-refractivity contribution in [1.82, 2.24) is 25.5 Å². The Morgan fingerprint density at radius 1 is 1.30 bits per heavy atom. The number of rotatable bonds is 7. The van der Waals surface area contributed by atoms with Gasteiger partial charge in [0.05, 0.1) is 6.54 Å². The molecule has 0 saturated heterocycles. The standard InChI is InChI=1S/C14H21N5S/c1-4-15-7-8-19-14(16-17-18-19)20-10-13-9-11(2)5-6-12(13)3/h5-6,9,15H,4,7-8,10H2,1-3H3. The molecule has 0 bridgehead atoms. The van der Waals surface area contributed by atoms with Gasteiger partial charge in [-0.1, -0.05) is 42.4 Å². The lowest BCUT2D eigenvalue weighted by molar-refractivity contribution is 0.517. The van der Waals surface area contributed by atoms with Crippen LogP contribution in [-0.2, 0) is 12.3 Å². The van der Waals surface area contributed by atoms with Gasteiger partial charge in [-0.3, -0.25) is 0 Å². The first-order chi connectivity index (χ1) is 9.70. The smallest absolute Gasteiger partial charge is 0.209 e. The monoisotopic (exact) mass is 291 g/mol. The van der Waals surface area contributed by atoms with E-state index in [0.29, 0.717) is 0 Å². The van der Waals surface area contributed by atoms with Crippen molar-refractivity contribution in [2.45, 2.75) is 38.2 Å². The molecule has 5 nitrogen and oxygen atoms in total. The average Bonchev–Trinajstić information content (AvgIpc) is 2.88. The van der Waals surface area contributed by atoms with Crippen LogP contribution in [-0.4, -0.2) is 33.3 Å². The molecule has 0 radical (unpaired) electrons. The SMILES string of the molecule is CCNCCn1nnnc1SCc1cc(C)ccc1C. The summed E-state index contributed by atoms with van der Waals surface area (Å²) in [7, 11) is 0. The molecule has 2 rings (SSSR count). The summed E-state index contributed by atoms with van der Waals surface area (Å²) in [5.74, 6) is 0.898. The predicted molar refractivity (Wildman–Crippen MR) is 81.8 cm³/mol. The first-order valence-corrected chi connectivity index (χ1v) is 7.85. The third-order valence-corrected chi connectivity index (χ3v) is 4.12. The lowest BCUT2D eigenvalue weighted by Crippen LogP contribution is -2.20. The number of benzene rings is 1. The van der Waals surface area contributed by atoms with Gasteiger partial charge in [-0.05, 0) is 41.9 Å². The minimum Gasteiger partial charge on any atom is -0.315 e. The van der Waals surface area contributed by atoms with Crippen molar-refractivity contribution in [2.75, 3.05) is 13.1 Å². The maximum atomic E-state index is 4.10. The fourth-order valence-corrected chi connectivity index (χ4v) is 2.87. The minimum atomic E-state index is 0.802. The summed E-state index contributed by atoms with van der Waals surface area (Å²) in [6, 6.07) is 6.54. The first kappa shape index (κ1) is 15.0. The second kappa shape index (κ2) is 7.40. The number of hydrogen-bond donors (Lipinski definition) is 1. The number of nitrogens with one attached hydrogen (secondary N) is 1. The van der Waals surface area contributed by atoms with Crippen LogP contribution >= 0.6 is 11.8 Å². The van der Waals surface area contributed by atoms with E-state index in [1.165, 1.54) is 16.7 Å². The van der Waals surface area contributed by atoms with E-state index >= 15 is 0 Å². The van der Waals surface area contributed by atoms with Crippen LogP contribution in [0.2, 0.25) is 0 Å². The van der Waals surface area contributed by atoms with Crippen molar-refractivity contribution in [3.05, 3.63) is 34.9 Å². The van der Waals surface area contributed by atoms with Crippen molar-refractivity contribution in [1.29, 1.82) is 0 Å². The summed E-state index contributed by atoms with van der Waals surface area (Å²) < 4.78 is 1.86. The molecule has 6 heteroatoms. The Morgan fingerprint density at radius 2 is 2.15 bits per heavy atom. The normalized spacial score (nSPS) is 10.9. The average molecular weight is 291 g/mol. The molecular formula is C14H21N5S. The van der Waals surface area contributed by atoms with Gasteiger partial charge >= 0.3 is 0 Å². The Morgan fingerprint density at radius 3 is 2.95 bits per heavy atom. The Hall–Kier alpha value is -1.40. The molecule has 1 aromatic carbocycles. The molecule has 0 atom stereocenters. The van der Waals surface area contributed by atoms with Crippen LogP contribution in [0, 0.1) is 13.8 Å². The highest BCUT2D eigenvalue weighted by Gasteiger charge is 2.08. The number of nitrogens with zero attached hydrogens (tertiary/aromatic N) is 4. The molecule has 0 aliphatic rings. The van der Waals surface area contributed by atoms with Gasteiger partial charge in [-0.15, -0.1) is 5.10 Å². The maximum absolute atomic E-state index is 4.10. The highest BCUT2D eigenvalue weighted by Crippen LogP contribution is 2.22. The Balaban J connectivity index is 1.97. The molecular weight excluding hydrogens is 270 g/mol. The number of aryl methyl sites for hydroxylation is 2. The highest BCUT2D eigenvalue weighted by atomic mass is 32.2. The molecule has 1 aromatic heterocycles. The number of aromatic nitrogens is 4. The molecule has 0 aliphatic carbocycles. The predicted octanol–water partition coefficient (Wildman–Crippen LogP) is 2.19. The molecule has 2 aromatic rings. The third kappa shape index (κ3) is 4.05. The molecule has 0 saturated carbocycles. The molecule has 0 unspecified atom stereocenters. The van der Waals surface area contributed by atoms with Gasteiger partial charge in [-0.2, -0.15) is 0 Å². The maximum Gasteiger partial charge on any atom is 0.209 e. The van der Waals surface area contributed by atoms with E-state index < -0.39 is 0 Å². The zero-order valence-corrected chi connectivity index (χ0v) is 13.1. The first-order valence-electron chi connectivity index (χ1n) is 6.86. The van der Waals surface area contributed by atoms with Gasteiger partial charge in [0, 0.05) is 12.3 Å². The molecule has 20 heavy (non-hydrogen) atoms. The van der Waals surface area contributed by atoms with Gasteiger partial charge in [0.25, 0.3) is 0 Å². The second-order valence-corrected chi connectivity index (χ2v) is 5.70. The molecule has 1 N–H and O–H groups in total. The second-order valence-electron chi connectivity index (χ2n) is 4.76. The molecule has 0 spiro atoms. The van der Waals surface area contributed by atoms with Crippen molar-refractivity contribution in [3.8, 4) is 0 Å². The quantitative estimate of drug-likeness (QED) is 0.626. The van der Waals surface area contributed by atoms with Crippen LogP contribution in [0.1, 0.15) is 23.6 Å². The van der Waals surface area contributed by atoms with Gasteiger partial charge in [0.2, 0.25) is 5.16 Å². The van der Waals surface area contributed by atoms with Crippen LogP contribution in [0.4, 0.5) is 0 Å². The number of thioether (sulfide) groups is 1. The lowest BCUT2D eigenvalue weighted by Gasteiger charge is -2.07. The van der Waals surface area contributed by atoms with E-state index in [9.17, 15) is 0 Å². The van der Waals surface area contributed by atoms with Gasteiger partial charge < -0.3 is 5.32 Å². The van der Waals surface area contributed by atoms with Crippen molar-refractivity contribution < 1.29 is 0 Å². The van der Waals surface area contributed by atoms with Crippen LogP contribution in [0.25, 0.3) is 0 Å². The minimum absolute atomic E-state index is 0.802. The van der Waals surface area contributed by atoms with E-state index in [1.54, 1.807) is 11.8 Å². The van der Waals surface area contributed by atoms with Crippen LogP contribution in [0.3, 0.4) is 0 Å². The largest absolute Gasteiger partial charge is 0.315 e. The van der Waals surface area contributed by atoms with Gasteiger partial charge in [0.15, 0.2) is 0 Å². The summed E-state index contributed by atoms with van der Waals surface area (Å²) in [6.45, 7) is 9.01. The van der Waals surface area contributed by atoms with Crippen molar-refractivity contribution in [2.24, 2.45) is 0 Å². The molecule has 108 valence electrons. The topological polar surface area (TPSA) is 55.6 Å². The molecule has 1 heterocycles. The molecule has 0 aliphatic heterocycles. The van der Waals surface area contributed by atoms with E-state index in [4.69, 9.17) is 0 Å². The number of tetrazole rings is 1. The lowest BCUT2D eigenvalue weighted by atomic mass is 10.1. The summed E-state index contributed by atoms with van der Waals surface area (Å²) in [4.78, 5) is 0. The van der Waals surface area contributed by atoms with E-state index in [1.807, 2.05) is 4.68 Å². The van der Waals surface area contributed by atoms with E-state index in [-0.39, 0.29) is 0 Å².